The van der Waals surface area contributed by atoms with Crippen LogP contribution < -0.4 is 0 Å². The minimum atomic E-state index is 0.0271. The lowest BCUT2D eigenvalue weighted by atomic mass is 9.84. The number of aromatic hydroxyl groups is 2. The first-order valence-electron chi connectivity index (χ1n) is 12.7. The molecular weight excluding hydrogens is 406 g/mol. The van der Waals surface area contributed by atoms with Crippen LogP contribution in [0.25, 0.3) is 0 Å². The molecule has 1 aliphatic carbocycles. The zero-order valence-corrected chi connectivity index (χ0v) is 22.2. The molecule has 33 heavy (non-hydrogen) atoms. The number of hydrogen-bond acceptors (Lipinski definition) is 3. The zero-order chi connectivity index (χ0) is 24.6. The number of nitrogens with zero attached hydrogens (tertiary/aromatic N) is 1. The Morgan fingerprint density at radius 3 is 1.45 bits per heavy atom. The summed E-state index contributed by atoms with van der Waals surface area (Å²) in [5.41, 5.74) is 6.43. The van der Waals surface area contributed by atoms with Crippen LogP contribution in [-0.2, 0) is 23.9 Å². The van der Waals surface area contributed by atoms with Gasteiger partial charge in [-0.05, 0) is 59.8 Å². The van der Waals surface area contributed by atoms with E-state index in [2.05, 4.69) is 70.7 Å². The van der Waals surface area contributed by atoms with Crippen molar-refractivity contribution in [2.45, 2.75) is 117 Å². The quantitative estimate of drug-likeness (QED) is 0.491. The Morgan fingerprint density at radius 1 is 0.697 bits per heavy atom. The van der Waals surface area contributed by atoms with Crippen LogP contribution in [0.3, 0.4) is 0 Å². The average molecular weight is 452 g/mol. The fraction of sp³-hybridized carbons (Fsp3) is 0.600. The van der Waals surface area contributed by atoms with Gasteiger partial charge in [0.05, 0.1) is 0 Å². The predicted molar refractivity (Wildman–Crippen MR) is 139 cm³/mol. The Bertz CT molecular complexity index is 901. The van der Waals surface area contributed by atoms with Gasteiger partial charge in [-0.1, -0.05) is 85.1 Å². The molecule has 2 aromatic rings. The predicted octanol–water partition coefficient (Wildman–Crippen LogP) is 7.64. The summed E-state index contributed by atoms with van der Waals surface area (Å²) in [4.78, 5) is 2.50. The third kappa shape index (κ3) is 6.12. The molecule has 1 aliphatic rings. The number of phenols is 2. The number of aryl methyl sites for hydroxylation is 2. The van der Waals surface area contributed by atoms with Crippen molar-refractivity contribution >= 4 is 0 Å². The summed E-state index contributed by atoms with van der Waals surface area (Å²) in [6.45, 7) is 18.7. The summed E-state index contributed by atoms with van der Waals surface area (Å²) >= 11 is 0. The van der Waals surface area contributed by atoms with Gasteiger partial charge in [-0.15, -0.1) is 0 Å². The van der Waals surface area contributed by atoms with Crippen LogP contribution in [0.4, 0.5) is 0 Å². The number of phenolic OH excluding ortho intramolecular Hbond substituents is 2. The summed E-state index contributed by atoms with van der Waals surface area (Å²) in [6.07, 6.45) is 6.16. The van der Waals surface area contributed by atoms with Gasteiger partial charge in [-0.2, -0.15) is 0 Å². The maximum atomic E-state index is 11.0. The van der Waals surface area contributed by atoms with Gasteiger partial charge in [0.1, 0.15) is 11.5 Å². The molecule has 0 spiro atoms. The van der Waals surface area contributed by atoms with Gasteiger partial charge in [0.15, 0.2) is 0 Å². The minimum absolute atomic E-state index is 0.0271. The first-order chi connectivity index (χ1) is 15.3. The Labute approximate surface area is 201 Å². The monoisotopic (exact) mass is 451 g/mol. The third-order valence-electron chi connectivity index (χ3n) is 7.33. The van der Waals surface area contributed by atoms with Gasteiger partial charge < -0.3 is 10.2 Å². The largest absolute Gasteiger partial charge is 0.507 e. The Balaban J connectivity index is 2.01. The Hall–Kier alpha value is -2.00. The second kappa shape index (κ2) is 9.70. The summed E-state index contributed by atoms with van der Waals surface area (Å²) in [7, 11) is 0. The van der Waals surface area contributed by atoms with Crippen LogP contribution in [0, 0.1) is 13.8 Å². The third-order valence-corrected chi connectivity index (χ3v) is 7.33. The molecule has 2 N–H and O–H groups in total. The average Bonchev–Trinajstić information content (AvgIpc) is 2.72. The summed E-state index contributed by atoms with van der Waals surface area (Å²) in [5.74, 6) is 0.820. The SMILES string of the molecule is Cc1cc(C(C)(C)C)cc(CN(Cc2cc(C(C)(C)C)cc(C)c2O)C2CCCCC2)c1O. The van der Waals surface area contributed by atoms with E-state index >= 15 is 0 Å². The van der Waals surface area contributed by atoms with E-state index in [0.29, 0.717) is 30.6 Å². The molecule has 0 saturated heterocycles. The van der Waals surface area contributed by atoms with E-state index in [1.165, 1.54) is 43.2 Å². The van der Waals surface area contributed by atoms with E-state index in [4.69, 9.17) is 0 Å². The molecule has 3 rings (SSSR count). The topological polar surface area (TPSA) is 43.7 Å². The fourth-order valence-electron chi connectivity index (χ4n) is 5.01. The maximum Gasteiger partial charge on any atom is 0.122 e. The molecule has 0 bridgehead atoms. The minimum Gasteiger partial charge on any atom is -0.507 e. The van der Waals surface area contributed by atoms with Gasteiger partial charge >= 0.3 is 0 Å². The van der Waals surface area contributed by atoms with Crippen molar-refractivity contribution in [3.63, 3.8) is 0 Å². The Kier molecular flexibility index (Phi) is 7.53. The van der Waals surface area contributed by atoms with Crippen LogP contribution in [0.5, 0.6) is 11.5 Å². The van der Waals surface area contributed by atoms with Gasteiger partial charge in [0.2, 0.25) is 0 Å². The number of rotatable bonds is 5. The second-order valence-electron chi connectivity index (χ2n) is 12.3. The number of benzene rings is 2. The molecule has 0 amide bonds. The highest BCUT2D eigenvalue weighted by Gasteiger charge is 2.26. The molecule has 0 radical (unpaired) electrons. The summed E-state index contributed by atoms with van der Waals surface area (Å²) < 4.78 is 0. The van der Waals surface area contributed by atoms with Crippen LogP contribution in [0.15, 0.2) is 24.3 Å². The molecule has 3 nitrogen and oxygen atoms in total. The highest BCUT2D eigenvalue weighted by molar-refractivity contribution is 5.46. The van der Waals surface area contributed by atoms with Crippen molar-refractivity contribution in [3.05, 3.63) is 57.6 Å². The molecule has 3 heteroatoms. The standard InChI is InChI=1S/C30H45NO2/c1-20-14-24(29(3,4)5)16-22(27(20)32)18-31(26-12-10-9-11-13-26)19-23-17-25(30(6,7)8)15-21(2)28(23)33/h14-17,26,32-33H,9-13,18-19H2,1-8H3. The molecule has 2 aromatic carbocycles. The van der Waals surface area contributed by atoms with Gasteiger partial charge in [0.25, 0.3) is 0 Å². The van der Waals surface area contributed by atoms with E-state index in [1.54, 1.807) is 0 Å². The summed E-state index contributed by atoms with van der Waals surface area (Å²) in [5, 5.41) is 21.9. The van der Waals surface area contributed by atoms with Crippen LogP contribution in [0.1, 0.15) is 107 Å². The van der Waals surface area contributed by atoms with Crippen molar-refractivity contribution < 1.29 is 10.2 Å². The molecule has 1 saturated carbocycles. The van der Waals surface area contributed by atoms with Crippen molar-refractivity contribution in [2.24, 2.45) is 0 Å². The van der Waals surface area contributed by atoms with Gasteiger partial charge in [0, 0.05) is 30.3 Å². The van der Waals surface area contributed by atoms with Crippen molar-refractivity contribution in [1.29, 1.82) is 0 Å². The normalized spacial score (nSPS) is 15.9. The molecule has 0 aromatic heterocycles. The van der Waals surface area contributed by atoms with E-state index in [9.17, 15) is 10.2 Å². The van der Waals surface area contributed by atoms with Gasteiger partial charge in [-0.25, -0.2) is 0 Å². The van der Waals surface area contributed by atoms with Crippen LogP contribution in [0.2, 0.25) is 0 Å². The highest BCUT2D eigenvalue weighted by Crippen LogP contribution is 2.36. The molecule has 1 fully saturated rings. The number of hydrogen-bond donors (Lipinski definition) is 2. The lowest BCUT2D eigenvalue weighted by Crippen LogP contribution is -2.36. The van der Waals surface area contributed by atoms with E-state index in [0.717, 1.165) is 22.3 Å². The first-order valence-corrected chi connectivity index (χ1v) is 12.7. The molecule has 0 atom stereocenters. The van der Waals surface area contributed by atoms with Crippen LogP contribution in [-0.4, -0.2) is 21.2 Å². The second-order valence-corrected chi connectivity index (χ2v) is 12.3. The molecule has 0 unspecified atom stereocenters. The summed E-state index contributed by atoms with van der Waals surface area (Å²) in [6, 6.07) is 9.08. The van der Waals surface area contributed by atoms with Crippen molar-refractivity contribution in [3.8, 4) is 11.5 Å². The van der Waals surface area contributed by atoms with Crippen molar-refractivity contribution in [2.75, 3.05) is 0 Å². The van der Waals surface area contributed by atoms with E-state index < -0.39 is 0 Å². The van der Waals surface area contributed by atoms with Gasteiger partial charge in [-0.3, -0.25) is 4.90 Å². The maximum absolute atomic E-state index is 11.0. The zero-order valence-electron chi connectivity index (χ0n) is 22.2. The first kappa shape index (κ1) is 25.6. The van der Waals surface area contributed by atoms with Crippen molar-refractivity contribution in [1.82, 2.24) is 4.90 Å². The molecule has 0 aliphatic heterocycles. The molecule has 182 valence electrons. The van der Waals surface area contributed by atoms with E-state index in [-0.39, 0.29) is 10.8 Å². The molecular formula is C30H45NO2. The lowest BCUT2D eigenvalue weighted by molar-refractivity contribution is 0.137. The lowest BCUT2D eigenvalue weighted by Gasteiger charge is -2.35. The molecule has 0 heterocycles. The van der Waals surface area contributed by atoms with Crippen LogP contribution >= 0.6 is 0 Å². The van der Waals surface area contributed by atoms with E-state index in [1.807, 2.05) is 13.8 Å². The highest BCUT2D eigenvalue weighted by atomic mass is 16.3. The fourth-order valence-corrected chi connectivity index (χ4v) is 5.01. The smallest absolute Gasteiger partial charge is 0.122 e. The Morgan fingerprint density at radius 2 is 1.09 bits per heavy atom.